The third kappa shape index (κ3) is 4.12. The zero-order chi connectivity index (χ0) is 11.1. The van der Waals surface area contributed by atoms with Gasteiger partial charge in [0, 0.05) is 18.6 Å². The molecule has 1 fully saturated rings. The number of rotatable bonds is 6. The first-order chi connectivity index (χ1) is 7.22. The monoisotopic (exact) mass is 213 g/mol. The van der Waals surface area contributed by atoms with Crippen molar-refractivity contribution in [1.29, 1.82) is 0 Å². The first-order valence-electron chi connectivity index (χ1n) is 6.54. The first kappa shape index (κ1) is 13.0. The molecule has 0 heterocycles. The van der Waals surface area contributed by atoms with E-state index in [-0.39, 0.29) is 5.41 Å². The molecule has 1 atom stereocenters. The Bertz CT molecular complexity index is 164. The number of hydrogen-bond acceptors (Lipinski definition) is 2. The van der Waals surface area contributed by atoms with Crippen LogP contribution in [-0.4, -0.2) is 24.8 Å². The second-order valence-corrected chi connectivity index (χ2v) is 5.36. The summed E-state index contributed by atoms with van der Waals surface area (Å²) in [5.41, 5.74) is 0.200. The Morgan fingerprint density at radius 3 is 2.47 bits per heavy atom. The Morgan fingerprint density at radius 2 is 1.93 bits per heavy atom. The molecule has 15 heavy (non-hydrogen) atoms. The van der Waals surface area contributed by atoms with E-state index < -0.39 is 0 Å². The van der Waals surface area contributed by atoms with Crippen LogP contribution < -0.4 is 5.32 Å². The van der Waals surface area contributed by atoms with Crippen molar-refractivity contribution in [3.05, 3.63) is 0 Å². The normalized spacial score (nSPS) is 22.6. The van der Waals surface area contributed by atoms with Gasteiger partial charge in [0.1, 0.15) is 0 Å². The number of aliphatic hydroxyl groups is 1. The molecule has 0 aromatic rings. The minimum absolute atomic E-state index is 0.200. The van der Waals surface area contributed by atoms with E-state index >= 15 is 0 Å². The van der Waals surface area contributed by atoms with Gasteiger partial charge in [0.15, 0.2) is 0 Å². The number of aliphatic hydroxyl groups excluding tert-OH is 1. The smallest absolute Gasteiger partial charge is 0.0499 e. The molecule has 1 aliphatic rings. The van der Waals surface area contributed by atoms with Gasteiger partial charge < -0.3 is 10.4 Å². The molecule has 1 aliphatic carbocycles. The van der Waals surface area contributed by atoms with Crippen LogP contribution in [0.4, 0.5) is 0 Å². The molecule has 0 saturated heterocycles. The highest BCUT2D eigenvalue weighted by Crippen LogP contribution is 2.35. The minimum Gasteiger partial charge on any atom is -0.396 e. The van der Waals surface area contributed by atoms with Crippen molar-refractivity contribution in [2.24, 2.45) is 11.3 Å². The molecule has 2 nitrogen and oxygen atoms in total. The highest BCUT2D eigenvalue weighted by atomic mass is 16.3. The minimum atomic E-state index is 0.200. The maximum Gasteiger partial charge on any atom is 0.0499 e. The highest BCUT2D eigenvalue weighted by Gasteiger charge is 2.30. The van der Waals surface area contributed by atoms with Crippen LogP contribution in [0.1, 0.15) is 52.4 Å². The van der Waals surface area contributed by atoms with Gasteiger partial charge in [-0.05, 0) is 25.3 Å². The Hall–Kier alpha value is -0.0800. The lowest BCUT2D eigenvalue weighted by atomic mass is 9.74. The van der Waals surface area contributed by atoms with Crippen LogP contribution in [0.3, 0.4) is 0 Å². The summed E-state index contributed by atoms with van der Waals surface area (Å²) in [7, 11) is 0. The molecule has 0 spiro atoms. The van der Waals surface area contributed by atoms with Crippen LogP contribution >= 0.6 is 0 Å². The van der Waals surface area contributed by atoms with Crippen LogP contribution in [0.25, 0.3) is 0 Å². The molecule has 0 aliphatic heterocycles. The van der Waals surface area contributed by atoms with Gasteiger partial charge in [-0.3, -0.25) is 0 Å². The van der Waals surface area contributed by atoms with Crippen LogP contribution in [0.5, 0.6) is 0 Å². The van der Waals surface area contributed by atoms with E-state index in [1.54, 1.807) is 0 Å². The maximum atomic E-state index is 9.52. The van der Waals surface area contributed by atoms with Gasteiger partial charge in [0.2, 0.25) is 0 Å². The van der Waals surface area contributed by atoms with Gasteiger partial charge >= 0.3 is 0 Å². The highest BCUT2D eigenvalue weighted by molar-refractivity contribution is 4.84. The fourth-order valence-electron chi connectivity index (χ4n) is 2.42. The third-order valence-corrected chi connectivity index (χ3v) is 3.94. The van der Waals surface area contributed by atoms with Gasteiger partial charge in [-0.1, -0.05) is 39.5 Å². The van der Waals surface area contributed by atoms with Gasteiger partial charge in [0.25, 0.3) is 0 Å². The standard InChI is InChI=1S/C13H27NO/c1-3-12(2)9-14-10-13(11-15)7-5-4-6-8-13/h12,14-15H,3-11H2,1-2H3. The molecule has 0 amide bonds. The lowest BCUT2D eigenvalue weighted by molar-refractivity contribution is 0.0805. The maximum absolute atomic E-state index is 9.52. The van der Waals surface area contributed by atoms with Crippen LogP contribution in [-0.2, 0) is 0 Å². The van der Waals surface area contributed by atoms with E-state index in [1.807, 2.05) is 0 Å². The average molecular weight is 213 g/mol. The van der Waals surface area contributed by atoms with E-state index in [1.165, 1.54) is 38.5 Å². The van der Waals surface area contributed by atoms with E-state index in [2.05, 4.69) is 19.2 Å². The van der Waals surface area contributed by atoms with E-state index in [4.69, 9.17) is 0 Å². The van der Waals surface area contributed by atoms with Crippen molar-refractivity contribution in [1.82, 2.24) is 5.32 Å². The lowest BCUT2D eigenvalue weighted by Crippen LogP contribution is -2.40. The number of hydrogen-bond donors (Lipinski definition) is 2. The predicted molar refractivity (Wildman–Crippen MR) is 64.9 cm³/mol. The summed E-state index contributed by atoms with van der Waals surface area (Å²) in [6.07, 6.45) is 7.59. The fourth-order valence-corrected chi connectivity index (χ4v) is 2.42. The van der Waals surface area contributed by atoms with Crippen molar-refractivity contribution in [2.45, 2.75) is 52.4 Å². The Kier molecular flexibility index (Phi) is 5.62. The van der Waals surface area contributed by atoms with Gasteiger partial charge in [-0.15, -0.1) is 0 Å². The van der Waals surface area contributed by atoms with Crippen molar-refractivity contribution in [3.8, 4) is 0 Å². The molecule has 90 valence electrons. The molecule has 1 unspecified atom stereocenters. The average Bonchev–Trinajstić information content (AvgIpc) is 2.30. The van der Waals surface area contributed by atoms with Gasteiger partial charge in [0.05, 0.1) is 0 Å². The summed E-state index contributed by atoms with van der Waals surface area (Å²) in [6, 6.07) is 0. The second kappa shape index (κ2) is 6.49. The summed E-state index contributed by atoms with van der Waals surface area (Å²) in [4.78, 5) is 0. The van der Waals surface area contributed by atoms with Crippen molar-refractivity contribution < 1.29 is 5.11 Å². The van der Waals surface area contributed by atoms with E-state index in [0.717, 1.165) is 19.0 Å². The fraction of sp³-hybridized carbons (Fsp3) is 1.00. The van der Waals surface area contributed by atoms with Crippen molar-refractivity contribution in [3.63, 3.8) is 0 Å². The second-order valence-electron chi connectivity index (χ2n) is 5.36. The van der Waals surface area contributed by atoms with Gasteiger partial charge in [-0.25, -0.2) is 0 Å². The summed E-state index contributed by atoms with van der Waals surface area (Å²) < 4.78 is 0. The van der Waals surface area contributed by atoms with Crippen molar-refractivity contribution >= 4 is 0 Å². The topological polar surface area (TPSA) is 32.3 Å². The molecular formula is C13H27NO. The molecular weight excluding hydrogens is 186 g/mol. The van der Waals surface area contributed by atoms with E-state index in [9.17, 15) is 5.11 Å². The molecule has 1 saturated carbocycles. The SMILES string of the molecule is CCC(C)CNCC1(CO)CCCCC1. The molecule has 0 radical (unpaired) electrons. The zero-order valence-corrected chi connectivity index (χ0v) is 10.4. The molecule has 2 heteroatoms. The zero-order valence-electron chi connectivity index (χ0n) is 10.4. The molecule has 0 aromatic carbocycles. The van der Waals surface area contributed by atoms with Crippen molar-refractivity contribution in [2.75, 3.05) is 19.7 Å². The molecule has 1 rings (SSSR count). The van der Waals surface area contributed by atoms with E-state index in [0.29, 0.717) is 6.61 Å². The van der Waals surface area contributed by atoms with Crippen LogP contribution in [0.15, 0.2) is 0 Å². The summed E-state index contributed by atoms with van der Waals surface area (Å²) in [5, 5.41) is 13.1. The first-order valence-corrected chi connectivity index (χ1v) is 6.54. The Morgan fingerprint density at radius 1 is 1.27 bits per heavy atom. The summed E-state index contributed by atoms with van der Waals surface area (Å²) in [5.74, 6) is 0.754. The summed E-state index contributed by atoms with van der Waals surface area (Å²) in [6.45, 7) is 6.97. The molecule has 2 N–H and O–H groups in total. The Balaban J connectivity index is 2.26. The van der Waals surface area contributed by atoms with Gasteiger partial charge in [-0.2, -0.15) is 0 Å². The Labute approximate surface area is 94.5 Å². The lowest BCUT2D eigenvalue weighted by Gasteiger charge is -2.36. The van der Waals surface area contributed by atoms with Crippen LogP contribution in [0, 0.1) is 11.3 Å². The largest absolute Gasteiger partial charge is 0.396 e. The molecule has 0 bridgehead atoms. The predicted octanol–water partition coefficient (Wildman–Crippen LogP) is 2.56. The van der Waals surface area contributed by atoms with Crippen LogP contribution in [0.2, 0.25) is 0 Å². The third-order valence-electron chi connectivity index (χ3n) is 3.94. The quantitative estimate of drug-likeness (QED) is 0.711. The molecule has 0 aromatic heterocycles. The summed E-state index contributed by atoms with van der Waals surface area (Å²) >= 11 is 0. The number of nitrogens with one attached hydrogen (secondary N) is 1.